The molecule has 1 aromatic carbocycles. The summed E-state index contributed by atoms with van der Waals surface area (Å²) < 4.78 is 5.27. The highest BCUT2D eigenvalue weighted by molar-refractivity contribution is 6.33. The van der Waals surface area contributed by atoms with Crippen LogP contribution in [-0.2, 0) is 4.79 Å². The molecule has 0 saturated carbocycles. The number of benzene rings is 1. The quantitative estimate of drug-likeness (QED) is 0.611. The molecule has 0 aliphatic carbocycles. The Labute approximate surface area is 111 Å². The van der Waals surface area contributed by atoms with E-state index in [9.17, 15) is 9.59 Å². The first-order valence-electron chi connectivity index (χ1n) is 5.82. The maximum Gasteiger partial charge on any atom is 0.257 e. The first-order valence-corrected chi connectivity index (χ1v) is 6.20. The van der Waals surface area contributed by atoms with Crippen molar-refractivity contribution in [1.82, 2.24) is 5.32 Å². The van der Waals surface area contributed by atoms with E-state index < -0.39 is 0 Å². The van der Waals surface area contributed by atoms with E-state index in [1.165, 1.54) is 0 Å². The van der Waals surface area contributed by atoms with Crippen LogP contribution in [0.5, 0.6) is 5.75 Å². The second-order valence-corrected chi connectivity index (χ2v) is 4.17. The van der Waals surface area contributed by atoms with E-state index in [2.05, 4.69) is 5.32 Å². The Morgan fingerprint density at radius 2 is 2.28 bits per heavy atom. The molecule has 18 heavy (non-hydrogen) atoms. The third-order valence-electron chi connectivity index (χ3n) is 2.34. The molecule has 0 heterocycles. The van der Waals surface area contributed by atoms with Crippen molar-refractivity contribution in [2.45, 2.75) is 19.8 Å². The highest BCUT2D eigenvalue weighted by atomic mass is 35.5. The molecule has 5 heteroatoms. The van der Waals surface area contributed by atoms with E-state index in [0.717, 1.165) is 12.8 Å². The lowest BCUT2D eigenvalue weighted by Crippen LogP contribution is -2.29. The van der Waals surface area contributed by atoms with Gasteiger partial charge in [0.05, 0.1) is 10.6 Å². The molecule has 4 nitrogen and oxygen atoms in total. The van der Waals surface area contributed by atoms with Crippen LogP contribution >= 0.6 is 11.6 Å². The van der Waals surface area contributed by atoms with Crippen molar-refractivity contribution >= 4 is 23.8 Å². The van der Waals surface area contributed by atoms with Crippen LogP contribution in [0.1, 0.15) is 30.1 Å². The molecular formula is C13H16ClNO3. The lowest BCUT2D eigenvalue weighted by molar-refractivity contribution is -0.123. The first kappa shape index (κ1) is 14.5. The molecule has 0 radical (unpaired) electrons. The molecule has 0 saturated heterocycles. The Morgan fingerprint density at radius 3 is 2.94 bits per heavy atom. The minimum absolute atomic E-state index is 0.120. The monoisotopic (exact) mass is 269 g/mol. The summed E-state index contributed by atoms with van der Waals surface area (Å²) in [6, 6.07) is 4.87. The lowest BCUT2D eigenvalue weighted by atomic mass is 10.2. The van der Waals surface area contributed by atoms with Crippen LogP contribution in [0.15, 0.2) is 18.2 Å². The van der Waals surface area contributed by atoms with E-state index in [1.807, 2.05) is 6.92 Å². The topological polar surface area (TPSA) is 55.4 Å². The van der Waals surface area contributed by atoms with Crippen molar-refractivity contribution in [2.24, 2.45) is 0 Å². The van der Waals surface area contributed by atoms with Crippen molar-refractivity contribution in [3.8, 4) is 5.75 Å². The molecule has 0 fully saturated rings. The summed E-state index contributed by atoms with van der Waals surface area (Å²) in [6.45, 7) is 2.56. The van der Waals surface area contributed by atoms with E-state index in [1.54, 1.807) is 18.2 Å². The number of hydrogen-bond donors (Lipinski definition) is 1. The Balaban J connectivity index is 2.50. The van der Waals surface area contributed by atoms with E-state index in [0.29, 0.717) is 23.6 Å². The standard InChI is InChI=1S/C13H16ClNO3/c1-2-3-7-15-13(17)9-18-12-6-4-5-11(14)10(12)8-16/h4-6,8H,2-3,7,9H2,1H3,(H,15,17). The first-order chi connectivity index (χ1) is 8.69. The van der Waals surface area contributed by atoms with Crippen LogP contribution in [0, 0.1) is 0 Å². The molecule has 0 aliphatic rings. The Bertz CT molecular complexity index is 421. The molecule has 0 aromatic heterocycles. The zero-order valence-electron chi connectivity index (χ0n) is 10.2. The van der Waals surface area contributed by atoms with Crippen molar-refractivity contribution in [2.75, 3.05) is 13.2 Å². The van der Waals surface area contributed by atoms with Gasteiger partial charge in [-0.1, -0.05) is 31.0 Å². The van der Waals surface area contributed by atoms with Gasteiger partial charge in [-0.3, -0.25) is 9.59 Å². The molecule has 1 aromatic rings. The smallest absolute Gasteiger partial charge is 0.257 e. The molecule has 0 unspecified atom stereocenters. The van der Waals surface area contributed by atoms with Gasteiger partial charge in [0.1, 0.15) is 5.75 Å². The third-order valence-corrected chi connectivity index (χ3v) is 2.67. The molecule has 0 aliphatic heterocycles. The zero-order chi connectivity index (χ0) is 13.4. The van der Waals surface area contributed by atoms with Crippen LogP contribution in [0.3, 0.4) is 0 Å². The number of nitrogens with one attached hydrogen (secondary N) is 1. The molecular weight excluding hydrogens is 254 g/mol. The van der Waals surface area contributed by atoms with Gasteiger partial charge in [0.25, 0.3) is 5.91 Å². The summed E-state index contributed by atoms with van der Waals surface area (Å²) >= 11 is 5.84. The number of carbonyl (C=O) groups excluding carboxylic acids is 2. The maximum absolute atomic E-state index is 11.4. The fraction of sp³-hybridized carbons (Fsp3) is 0.385. The minimum atomic E-state index is -0.208. The average Bonchev–Trinajstić information content (AvgIpc) is 2.36. The maximum atomic E-state index is 11.4. The van der Waals surface area contributed by atoms with Gasteiger partial charge in [0.15, 0.2) is 12.9 Å². The van der Waals surface area contributed by atoms with Gasteiger partial charge in [-0.2, -0.15) is 0 Å². The molecule has 0 spiro atoms. The second kappa shape index (κ2) is 7.71. The van der Waals surface area contributed by atoms with Crippen LogP contribution in [0.4, 0.5) is 0 Å². The summed E-state index contributed by atoms with van der Waals surface area (Å²) in [7, 11) is 0. The Morgan fingerprint density at radius 1 is 1.50 bits per heavy atom. The number of unbranched alkanes of at least 4 members (excludes halogenated alkanes) is 1. The molecule has 1 rings (SSSR count). The van der Waals surface area contributed by atoms with Gasteiger partial charge in [0, 0.05) is 6.54 Å². The van der Waals surface area contributed by atoms with Gasteiger partial charge in [-0.05, 0) is 18.6 Å². The number of halogens is 1. The molecule has 0 atom stereocenters. The Kier molecular flexibility index (Phi) is 6.22. The number of aldehydes is 1. The summed E-state index contributed by atoms with van der Waals surface area (Å²) in [5, 5.41) is 3.03. The van der Waals surface area contributed by atoms with Gasteiger partial charge in [-0.15, -0.1) is 0 Å². The summed E-state index contributed by atoms with van der Waals surface area (Å²) in [5.74, 6) is 0.114. The van der Waals surface area contributed by atoms with Crippen molar-refractivity contribution in [3.05, 3.63) is 28.8 Å². The highest BCUT2D eigenvalue weighted by Gasteiger charge is 2.09. The Hall–Kier alpha value is -1.55. The second-order valence-electron chi connectivity index (χ2n) is 3.76. The fourth-order valence-electron chi connectivity index (χ4n) is 1.36. The molecule has 0 bridgehead atoms. The van der Waals surface area contributed by atoms with Crippen LogP contribution in [-0.4, -0.2) is 25.3 Å². The van der Waals surface area contributed by atoms with Crippen molar-refractivity contribution in [1.29, 1.82) is 0 Å². The third kappa shape index (κ3) is 4.37. The number of hydrogen-bond acceptors (Lipinski definition) is 3. The van der Waals surface area contributed by atoms with E-state index >= 15 is 0 Å². The van der Waals surface area contributed by atoms with Crippen molar-refractivity contribution in [3.63, 3.8) is 0 Å². The lowest BCUT2D eigenvalue weighted by Gasteiger charge is -2.09. The normalized spacial score (nSPS) is 9.89. The molecule has 98 valence electrons. The van der Waals surface area contributed by atoms with Crippen molar-refractivity contribution < 1.29 is 14.3 Å². The van der Waals surface area contributed by atoms with Crippen LogP contribution in [0.25, 0.3) is 0 Å². The number of rotatable bonds is 7. The van der Waals surface area contributed by atoms with E-state index in [-0.39, 0.29) is 18.1 Å². The average molecular weight is 270 g/mol. The zero-order valence-corrected chi connectivity index (χ0v) is 11.0. The molecule has 1 amide bonds. The summed E-state index contributed by atoms with van der Waals surface area (Å²) in [4.78, 5) is 22.3. The highest BCUT2D eigenvalue weighted by Crippen LogP contribution is 2.24. The number of amides is 1. The minimum Gasteiger partial charge on any atom is -0.483 e. The van der Waals surface area contributed by atoms with Gasteiger partial charge in [0.2, 0.25) is 0 Å². The summed E-state index contributed by atoms with van der Waals surface area (Å²) in [6.07, 6.45) is 2.57. The predicted octanol–water partition coefficient (Wildman–Crippen LogP) is 2.45. The van der Waals surface area contributed by atoms with Crippen LogP contribution < -0.4 is 10.1 Å². The predicted molar refractivity (Wildman–Crippen MR) is 70.3 cm³/mol. The number of carbonyl (C=O) groups is 2. The fourth-order valence-corrected chi connectivity index (χ4v) is 1.57. The molecule has 1 N–H and O–H groups in total. The van der Waals surface area contributed by atoms with E-state index in [4.69, 9.17) is 16.3 Å². The van der Waals surface area contributed by atoms with Gasteiger partial charge < -0.3 is 10.1 Å². The SMILES string of the molecule is CCCCNC(=O)COc1cccc(Cl)c1C=O. The largest absolute Gasteiger partial charge is 0.483 e. The summed E-state index contributed by atoms with van der Waals surface area (Å²) in [5.41, 5.74) is 0.264. The van der Waals surface area contributed by atoms with Gasteiger partial charge in [-0.25, -0.2) is 0 Å². The van der Waals surface area contributed by atoms with Crippen LogP contribution in [0.2, 0.25) is 5.02 Å². The number of ether oxygens (including phenoxy) is 1. The van der Waals surface area contributed by atoms with Gasteiger partial charge >= 0.3 is 0 Å².